The van der Waals surface area contributed by atoms with E-state index in [-0.39, 0.29) is 6.10 Å². The average Bonchev–Trinajstić information content (AvgIpc) is 2.91. The smallest absolute Gasteiger partial charge is 0.166 e. The Bertz CT molecular complexity index is 450. The molecule has 19 heavy (non-hydrogen) atoms. The third-order valence-corrected chi connectivity index (χ3v) is 3.98. The quantitative estimate of drug-likeness (QED) is 0.836. The number of hydrogen-bond acceptors (Lipinski definition) is 2. The predicted molar refractivity (Wildman–Crippen MR) is 82.9 cm³/mol. The van der Waals surface area contributed by atoms with Crippen LogP contribution in [0.1, 0.15) is 18.4 Å². The van der Waals surface area contributed by atoms with Crippen LogP contribution in [0.25, 0.3) is 0 Å². The van der Waals surface area contributed by atoms with Crippen molar-refractivity contribution in [2.75, 3.05) is 13.2 Å². The van der Waals surface area contributed by atoms with Crippen LogP contribution in [0.3, 0.4) is 0 Å². The summed E-state index contributed by atoms with van der Waals surface area (Å²) in [6, 6.07) is 5.53. The zero-order chi connectivity index (χ0) is 13.7. The molecule has 0 saturated carbocycles. The van der Waals surface area contributed by atoms with Crippen LogP contribution in [-0.4, -0.2) is 24.4 Å². The third-order valence-electron chi connectivity index (χ3n) is 2.95. The van der Waals surface area contributed by atoms with Gasteiger partial charge in [0, 0.05) is 19.7 Å². The maximum Gasteiger partial charge on any atom is 0.166 e. The van der Waals surface area contributed by atoms with Crippen LogP contribution in [0.2, 0.25) is 10.0 Å². The van der Waals surface area contributed by atoms with Gasteiger partial charge in [-0.15, -0.1) is 0 Å². The van der Waals surface area contributed by atoms with Crippen molar-refractivity contribution in [3.63, 3.8) is 0 Å². The first-order valence-corrected chi connectivity index (χ1v) is 7.39. The van der Waals surface area contributed by atoms with E-state index in [0.29, 0.717) is 21.7 Å². The summed E-state index contributed by atoms with van der Waals surface area (Å²) in [5, 5.41) is 8.03. The van der Waals surface area contributed by atoms with Crippen LogP contribution in [0.15, 0.2) is 18.2 Å². The number of hydrogen-bond donors (Lipinski definition) is 2. The molecule has 104 valence electrons. The molecular weight excluding hydrogens is 303 g/mol. The molecule has 0 aromatic heterocycles. The number of halogens is 2. The molecule has 1 heterocycles. The van der Waals surface area contributed by atoms with E-state index in [2.05, 4.69) is 10.6 Å². The van der Waals surface area contributed by atoms with Gasteiger partial charge in [0.1, 0.15) is 0 Å². The minimum absolute atomic E-state index is 0.282. The van der Waals surface area contributed by atoms with Crippen molar-refractivity contribution >= 4 is 40.5 Å². The summed E-state index contributed by atoms with van der Waals surface area (Å²) in [4.78, 5) is 0. The van der Waals surface area contributed by atoms with Crippen molar-refractivity contribution in [2.24, 2.45) is 0 Å². The number of ether oxygens (including phenoxy) is 1. The van der Waals surface area contributed by atoms with Gasteiger partial charge in [-0.1, -0.05) is 29.3 Å². The van der Waals surface area contributed by atoms with Gasteiger partial charge in [0.2, 0.25) is 0 Å². The molecular formula is C13H16Cl2N2OS. The molecule has 0 amide bonds. The minimum Gasteiger partial charge on any atom is -0.376 e. The highest BCUT2D eigenvalue weighted by Crippen LogP contribution is 2.22. The zero-order valence-electron chi connectivity index (χ0n) is 10.4. The van der Waals surface area contributed by atoms with E-state index in [0.717, 1.165) is 31.6 Å². The molecule has 2 rings (SSSR count). The second-order valence-corrected chi connectivity index (χ2v) is 5.67. The van der Waals surface area contributed by atoms with Gasteiger partial charge in [-0.3, -0.25) is 0 Å². The Balaban J connectivity index is 1.71. The molecule has 1 aliphatic heterocycles. The lowest BCUT2D eigenvalue weighted by molar-refractivity contribution is 0.114. The number of benzene rings is 1. The van der Waals surface area contributed by atoms with Gasteiger partial charge in [0.15, 0.2) is 5.11 Å². The minimum atomic E-state index is 0.282. The second-order valence-electron chi connectivity index (χ2n) is 4.45. The van der Waals surface area contributed by atoms with Crippen LogP contribution >= 0.6 is 35.4 Å². The lowest BCUT2D eigenvalue weighted by atomic mass is 10.2. The lowest BCUT2D eigenvalue weighted by Crippen LogP contribution is -2.39. The molecule has 0 spiro atoms. The third kappa shape index (κ3) is 4.80. The molecule has 6 heteroatoms. The van der Waals surface area contributed by atoms with Gasteiger partial charge < -0.3 is 15.4 Å². The molecule has 1 aliphatic rings. The van der Waals surface area contributed by atoms with E-state index < -0.39 is 0 Å². The van der Waals surface area contributed by atoms with E-state index in [1.54, 1.807) is 6.07 Å². The van der Waals surface area contributed by atoms with Gasteiger partial charge in [-0.05, 0) is 42.8 Å². The number of nitrogens with one attached hydrogen (secondary N) is 2. The van der Waals surface area contributed by atoms with E-state index in [1.807, 2.05) is 12.1 Å². The van der Waals surface area contributed by atoms with Crippen LogP contribution in [0, 0.1) is 0 Å². The predicted octanol–water partition coefficient (Wildman–Crippen LogP) is 3.14. The molecule has 0 aliphatic carbocycles. The Hall–Kier alpha value is -0.550. The highest BCUT2D eigenvalue weighted by molar-refractivity contribution is 7.80. The van der Waals surface area contributed by atoms with Crippen molar-refractivity contribution in [3.05, 3.63) is 33.8 Å². The topological polar surface area (TPSA) is 33.3 Å². The van der Waals surface area contributed by atoms with Crippen LogP contribution in [0.5, 0.6) is 0 Å². The van der Waals surface area contributed by atoms with Gasteiger partial charge in [-0.25, -0.2) is 0 Å². The molecule has 1 atom stereocenters. The summed E-state index contributed by atoms with van der Waals surface area (Å²) in [6.45, 7) is 2.23. The largest absolute Gasteiger partial charge is 0.376 e. The molecule has 1 aromatic rings. The Morgan fingerprint density at radius 3 is 2.84 bits per heavy atom. The van der Waals surface area contributed by atoms with E-state index in [4.69, 9.17) is 40.2 Å². The zero-order valence-corrected chi connectivity index (χ0v) is 12.7. The molecule has 1 fully saturated rings. The summed E-state index contributed by atoms with van der Waals surface area (Å²) in [7, 11) is 0. The maximum absolute atomic E-state index is 5.95. The van der Waals surface area contributed by atoms with Crippen molar-refractivity contribution in [1.29, 1.82) is 0 Å². The number of thiocarbonyl (C=S) groups is 1. The van der Waals surface area contributed by atoms with Crippen molar-refractivity contribution in [3.8, 4) is 0 Å². The summed E-state index contributed by atoms with van der Waals surface area (Å²) < 4.78 is 5.51. The Kier molecular flexibility index (Phi) is 5.70. The first-order chi connectivity index (χ1) is 9.15. The summed E-state index contributed by atoms with van der Waals surface area (Å²) in [5.41, 5.74) is 1.04. The van der Waals surface area contributed by atoms with Gasteiger partial charge in [0.05, 0.1) is 16.1 Å². The first-order valence-electron chi connectivity index (χ1n) is 6.22. The Morgan fingerprint density at radius 1 is 1.32 bits per heavy atom. The summed E-state index contributed by atoms with van der Waals surface area (Å²) in [6.07, 6.45) is 2.52. The fraction of sp³-hybridized carbons (Fsp3) is 0.462. The van der Waals surface area contributed by atoms with Gasteiger partial charge in [-0.2, -0.15) is 0 Å². The monoisotopic (exact) mass is 318 g/mol. The molecule has 0 radical (unpaired) electrons. The fourth-order valence-corrected chi connectivity index (χ4v) is 2.38. The van der Waals surface area contributed by atoms with Gasteiger partial charge in [0.25, 0.3) is 0 Å². The lowest BCUT2D eigenvalue weighted by Gasteiger charge is -2.14. The van der Waals surface area contributed by atoms with E-state index in [9.17, 15) is 0 Å². The highest BCUT2D eigenvalue weighted by Gasteiger charge is 2.15. The highest BCUT2D eigenvalue weighted by atomic mass is 35.5. The molecule has 0 bridgehead atoms. The standard InChI is InChI=1S/C13H16Cl2N2OS/c14-11-4-3-9(6-12(11)15)7-16-13(19)17-8-10-2-1-5-18-10/h3-4,6,10H,1-2,5,7-8H2,(H2,16,17,19). The molecule has 1 saturated heterocycles. The van der Waals surface area contributed by atoms with Gasteiger partial charge >= 0.3 is 0 Å². The average molecular weight is 319 g/mol. The van der Waals surface area contributed by atoms with Crippen LogP contribution < -0.4 is 10.6 Å². The van der Waals surface area contributed by atoms with Crippen LogP contribution in [0.4, 0.5) is 0 Å². The number of rotatable bonds is 4. The van der Waals surface area contributed by atoms with Crippen molar-refractivity contribution < 1.29 is 4.74 Å². The van der Waals surface area contributed by atoms with Crippen LogP contribution in [-0.2, 0) is 11.3 Å². The molecule has 1 unspecified atom stereocenters. The van der Waals surface area contributed by atoms with Crippen molar-refractivity contribution in [2.45, 2.75) is 25.5 Å². The second kappa shape index (κ2) is 7.29. The Labute approximate surface area is 128 Å². The fourth-order valence-electron chi connectivity index (χ4n) is 1.91. The van der Waals surface area contributed by atoms with E-state index >= 15 is 0 Å². The molecule has 1 aromatic carbocycles. The SMILES string of the molecule is S=C(NCc1ccc(Cl)c(Cl)c1)NCC1CCCO1. The summed E-state index contributed by atoms with van der Waals surface area (Å²) >= 11 is 17.0. The normalized spacial score (nSPS) is 18.3. The maximum atomic E-state index is 5.95. The first kappa shape index (κ1) is 14.9. The molecule has 2 N–H and O–H groups in total. The van der Waals surface area contributed by atoms with E-state index in [1.165, 1.54) is 0 Å². The Morgan fingerprint density at radius 2 is 2.16 bits per heavy atom. The molecule has 3 nitrogen and oxygen atoms in total. The van der Waals surface area contributed by atoms with Crippen molar-refractivity contribution in [1.82, 2.24) is 10.6 Å². The summed E-state index contributed by atoms with van der Waals surface area (Å²) in [5.74, 6) is 0.